The van der Waals surface area contributed by atoms with Crippen LogP contribution in [0.5, 0.6) is 0 Å². The highest BCUT2D eigenvalue weighted by molar-refractivity contribution is 4.65. The van der Waals surface area contributed by atoms with Crippen LogP contribution < -0.4 is 0 Å². The minimum atomic E-state index is -1.02. The minimum absolute atomic E-state index is 0.210. The molecule has 0 saturated carbocycles. The second-order valence-corrected chi connectivity index (χ2v) is 3.24. The molecule has 4 nitrogen and oxygen atoms in total. The van der Waals surface area contributed by atoms with Crippen molar-refractivity contribution >= 4 is 0 Å². The van der Waals surface area contributed by atoms with Crippen molar-refractivity contribution in [1.82, 2.24) is 0 Å². The third kappa shape index (κ3) is 6.95. The summed E-state index contributed by atoms with van der Waals surface area (Å²) >= 11 is 0. The number of hydrogen-bond donors (Lipinski definition) is 4. The van der Waals surface area contributed by atoms with Crippen LogP contribution in [-0.2, 0) is 0 Å². The molecule has 0 saturated heterocycles. The van der Waals surface area contributed by atoms with Gasteiger partial charge in [0.1, 0.15) is 6.10 Å². The molecule has 0 aliphatic carbocycles. The zero-order valence-electron chi connectivity index (χ0n) is 7.89. The summed E-state index contributed by atoms with van der Waals surface area (Å²) < 4.78 is 0. The van der Waals surface area contributed by atoms with Gasteiger partial charge in [0, 0.05) is 6.61 Å². The maximum atomic E-state index is 9.21. The molecule has 0 aromatic carbocycles. The molecule has 13 heavy (non-hydrogen) atoms. The summed E-state index contributed by atoms with van der Waals surface area (Å²) in [4.78, 5) is 0. The Labute approximate surface area is 78.8 Å². The van der Waals surface area contributed by atoms with Crippen LogP contribution in [0.3, 0.4) is 0 Å². The van der Waals surface area contributed by atoms with Crippen molar-refractivity contribution in [2.24, 2.45) is 0 Å². The predicted octanol–water partition coefficient (Wildman–Crippen LogP) is -0.357. The molecule has 0 radical (unpaired) electrons. The fraction of sp³-hybridized carbons (Fsp3) is 1.00. The summed E-state index contributed by atoms with van der Waals surface area (Å²) in [6.07, 6.45) is 2.16. The first-order valence-electron chi connectivity index (χ1n) is 4.80. The molecule has 0 fully saturated rings. The Balaban J connectivity index is 3.21. The molecule has 4 heteroatoms. The van der Waals surface area contributed by atoms with E-state index in [0.717, 1.165) is 25.7 Å². The van der Waals surface area contributed by atoms with Gasteiger partial charge < -0.3 is 20.4 Å². The van der Waals surface area contributed by atoms with Crippen molar-refractivity contribution in [3.05, 3.63) is 0 Å². The summed E-state index contributed by atoms with van der Waals surface area (Å²) in [5.41, 5.74) is 0. The van der Waals surface area contributed by atoms with E-state index in [4.69, 9.17) is 15.3 Å². The number of hydrogen-bond acceptors (Lipinski definition) is 4. The third-order valence-corrected chi connectivity index (χ3v) is 2.04. The Bertz CT molecular complexity index is 108. The van der Waals surface area contributed by atoms with Crippen molar-refractivity contribution in [2.75, 3.05) is 13.2 Å². The van der Waals surface area contributed by atoms with Gasteiger partial charge >= 0.3 is 0 Å². The maximum Gasteiger partial charge on any atom is 0.103 e. The molecule has 0 amide bonds. The standard InChI is InChI=1S/C9H20O4/c10-6-4-2-1-3-5-8(12)9(13)7-11/h8-13H,1-7H2. The van der Waals surface area contributed by atoms with Gasteiger partial charge in [0.05, 0.1) is 12.7 Å². The van der Waals surface area contributed by atoms with Crippen LogP contribution >= 0.6 is 0 Å². The molecule has 0 aromatic heterocycles. The minimum Gasteiger partial charge on any atom is -0.396 e. The zero-order chi connectivity index (χ0) is 10.1. The van der Waals surface area contributed by atoms with Gasteiger partial charge in [-0.05, 0) is 12.8 Å². The van der Waals surface area contributed by atoms with E-state index in [1.165, 1.54) is 0 Å². The van der Waals surface area contributed by atoms with Crippen LogP contribution in [0.1, 0.15) is 32.1 Å². The van der Waals surface area contributed by atoms with Crippen LogP contribution in [0.2, 0.25) is 0 Å². The Morgan fingerprint density at radius 1 is 0.769 bits per heavy atom. The van der Waals surface area contributed by atoms with Gasteiger partial charge in [0.15, 0.2) is 0 Å². The Morgan fingerprint density at radius 2 is 1.38 bits per heavy atom. The molecule has 0 aromatic rings. The molecule has 0 rings (SSSR count). The smallest absolute Gasteiger partial charge is 0.103 e. The largest absolute Gasteiger partial charge is 0.396 e. The highest BCUT2D eigenvalue weighted by Crippen LogP contribution is 2.07. The SMILES string of the molecule is OCCCCCCC(O)C(O)CO. The summed E-state index contributed by atoms with van der Waals surface area (Å²) in [6, 6.07) is 0. The molecule has 0 aliphatic rings. The first-order chi connectivity index (χ1) is 6.22. The van der Waals surface area contributed by atoms with Gasteiger partial charge in [-0.1, -0.05) is 19.3 Å². The lowest BCUT2D eigenvalue weighted by Gasteiger charge is -2.14. The second-order valence-electron chi connectivity index (χ2n) is 3.24. The van der Waals surface area contributed by atoms with Crippen LogP contribution in [-0.4, -0.2) is 45.8 Å². The molecule has 4 N–H and O–H groups in total. The van der Waals surface area contributed by atoms with E-state index in [0.29, 0.717) is 6.42 Å². The lowest BCUT2D eigenvalue weighted by molar-refractivity contribution is -0.0185. The third-order valence-electron chi connectivity index (χ3n) is 2.04. The monoisotopic (exact) mass is 192 g/mol. The number of rotatable bonds is 8. The molecule has 2 unspecified atom stereocenters. The number of aliphatic hydroxyl groups excluding tert-OH is 4. The summed E-state index contributed by atoms with van der Waals surface area (Å²) in [7, 11) is 0. The summed E-state index contributed by atoms with van der Waals surface area (Å²) in [5, 5.41) is 35.2. The van der Waals surface area contributed by atoms with Gasteiger partial charge in [-0.3, -0.25) is 0 Å². The van der Waals surface area contributed by atoms with Gasteiger partial charge in [-0.15, -0.1) is 0 Å². The average molecular weight is 192 g/mol. The Kier molecular flexibility index (Phi) is 8.33. The number of aliphatic hydroxyl groups is 4. The lowest BCUT2D eigenvalue weighted by Crippen LogP contribution is -2.28. The Hall–Kier alpha value is -0.160. The van der Waals surface area contributed by atoms with Gasteiger partial charge in [-0.2, -0.15) is 0 Å². The van der Waals surface area contributed by atoms with Crippen molar-refractivity contribution in [1.29, 1.82) is 0 Å². The van der Waals surface area contributed by atoms with Crippen molar-refractivity contribution in [2.45, 2.75) is 44.3 Å². The van der Waals surface area contributed by atoms with Gasteiger partial charge in [0.2, 0.25) is 0 Å². The molecular formula is C9H20O4. The first-order valence-corrected chi connectivity index (χ1v) is 4.80. The second kappa shape index (κ2) is 8.44. The van der Waals surface area contributed by atoms with E-state index in [9.17, 15) is 5.11 Å². The van der Waals surface area contributed by atoms with E-state index >= 15 is 0 Å². The summed E-state index contributed by atoms with van der Waals surface area (Å²) in [6.45, 7) is -0.181. The van der Waals surface area contributed by atoms with E-state index < -0.39 is 18.8 Å². The molecule has 0 bridgehead atoms. The highest BCUT2D eigenvalue weighted by atomic mass is 16.4. The molecular weight excluding hydrogens is 172 g/mol. The predicted molar refractivity (Wildman–Crippen MR) is 49.3 cm³/mol. The normalized spacial score (nSPS) is 15.7. The van der Waals surface area contributed by atoms with Crippen molar-refractivity contribution in [3.63, 3.8) is 0 Å². The first kappa shape index (κ1) is 12.8. The Morgan fingerprint density at radius 3 is 1.92 bits per heavy atom. The fourth-order valence-electron chi connectivity index (χ4n) is 1.13. The lowest BCUT2D eigenvalue weighted by atomic mass is 10.1. The van der Waals surface area contributed by atoms with Crippen molar-refractivity contribution < 1.29 is 20.4 Å². The average Bonchev–Trinajstić information content (AvgIpc) is 2.16. The topological polar surface area (TPSA) is 80.9 Å². The summed E-state index contributed by atoms with van der Waals surface area (Å²) in [5.74, 6) is 0. The van der Waals surface area contributed by atoms with Gasteiger partial charge in [-0.25, -0.2) is 0 Å². The van der Waals surface area contributed by atoms with Crippen LogP contribution in [0.25, 0.3) is 0 Å². The van der Waals surface area contributed by atoms with Gasteiger partial charge in [0.25, 0.3) is 0 Å². The van der Waals surface area contributed by atoms with E-state index in [1.807, 2.05) is 0 Å². The quantitative estimate of drug-likeness (QED) is 0.396. The van der Waals surface area contributed by atoms with Crippen molar-refractivity contribution in [3.8, 4) is 0 Å². The fourth-order valence-corrected chi connectivity index (χ4v) is 1.13. The van der Waals surface area contributed by atoms with E-state index in [-0.39, 0.29) is 6.61 Å². The van der Waals surface area contributed by atoms with Crippen LogP contribution in [0, 0.1) is 0 Å². The highest BCUT2D eigenvalue weighted by Gasteiger charge is 2.13. The zero-order valence-corrected chi connectivity index (χ0v) is 7.89. The van der Waals surface area contributed by atoms with E-state index in [2.05, 4.69) is 0 Å². The molecule has 80 valence electrons. The molecule has 0 aliphatic heterocycles. The van der Waals surface area contributed by atoms with E-state index in [1.54, 1.807) is 0 Å². The molecule has 2 atom stereocenters. The van der Waals surface area contributed by atoms with Crippen LogP contribution in [0.15, 0.2) is 0 Å². The van der Waals surface area contributed by atoms with Crippen LogP contribution in [0.4, 0.5) is 0 Å². The number of unbranched alkanes of at least 4 members (excludes halogenated alkanes) is 3. The molecule has 0 spiro atoms. The molecule has 0 heterocycles. The maximum absolute atomic E-state index is 9.21.